The first-order valence-corrected chi connectivity index (χ1v) is 5.54. The van der Waals surface area contributed by atoms with Crippen molar-refractivity contribution in [2.45, 2.75) is 13.0 Å². The van der Waals surface area contributed by atoms with E-state index in [9.17, 15) is 0 Å². The highest BCUT2D eigenvalue weighted by molar-refractivity contribution is 5.86. The van der Waals surface area contributed by atoms with E-state index in [2.05, 4.69) is 48.5 Å². The number of terminal acetylenes is 1. The largest absolute Gasteiger partial charge is 0.300 e. The van der Waals surface area contributed by atoms with E-state index < -0.39 is 0 Å². The van der Waals surface area contributed by atoms with Crippen molar-refractivity contribution in [1.82, 2.24) is 5.32 Å². The Morgan fingerprint density at radius 3 is 2.69 bits per heavy atom. The van der Waals surface area contributed by atoms with E-state index in [1.54, 1.807) is 0 Å². The Balaban J connectivity index is 2.55. The Kier molecular flexibility index (Phi) is 3.24. The third-order valence-corrected chi connectivity index (χ3v) is 2.71. The smallest absolute Gasteiger partial charge is 0.0949 e. The molecular formula is C15H15N. The molecule has 1 nitrogen and oxygen atoms in total. The molecule has 0 aliphatic rings. The van der Waals surface area contributed by atoms with Gasteiger partial charge in [-0.1, -0.05) is 55.3 Å². The summed E-state index contributed by atoms with van der Waals surface area (Å²) in [6.45, 7) is 2.94. The highest BCUT2D eigenvalue weighted by atomic mass is 14.9. The van der Waals surface area contributed by atoms with Crippen molar-refractivity contribution in [2.24, 2.45) is 0 Å². The van der Waals surface area contributed by atoms with Crippen LogP contribution in [0, 0.1) is 12.3 Å². The molecule has 0 aliphatic heterocycles. The van der Waals surface area contributed by atoms with Gasteiger partial charge in [0, 0.05) is 0 Å². The Morgan fingerprint density at radius 1 is 1.19 bits per heavy atom. The average molecular weight is 209 g/mol. The zero-order valence-corrected chi connectivity index (χ0v) is 9.40. The number of rotatable bonds is 3. The molecule has 1 unspecified atom stereocenters. The van der Waals surface area contributed by atoms with E-state index in [0.717, 1.165) is 6.54 Å². The molecule has 0 fully saturated rings. The minimum absolute atomic E-state index is 0.00361. The molecule has 0 saturated carbocycles. The maximum atomic E-state index is 5.57. The minimum Gasteiger partial charge on any atom is -0.300 e. The van der Waals surface area contributed by atoms with Crippen LogP contribution in [0.15, 0.2) is 42.5 Å². The maximum absolute atomic E-state index is 5.57. The van der Waals surface area contributed by atoms with E-state index in [1.807, 2.05) is 12.1 Å². The topological polar surface area (TPSA) is 12.0 Å². The van der Waals surface area contributed by atoms with Gasteiger partial charge in [-0.25, -0.2) is 0 Å². The summed E-state index contributed by atoms with van der Waals surface area (Å²) in [5.74, 6) is 2.80. The van der Waals surface area contributed by atoms with E-state index in [0.29, 0.717) is 0 Å². The van der Waals surface area contributed by atoms with Gasteiger partial charge in [0.25, 0.3) is 0 Å². The van der Waals surface area contributed by atoms with Crippen molar-refractivity contribution in [3.8, 4) is 12.3 Å². The van der Waals surface area contributed by atoms with Gasteiger partial charge in [0.1, 0.15) is 0 Å². The van der Waals surface area contributed by atoms with Crippen LogP contribution in [0.1, 0.15) is 18.5 Å². The Bertz CT molecular complexity index is 517. The van der Waals surface area contributed by atoms with Crippen LogP contribution in [-0.4, -0.2) is 6.54 Å². The second kappa shape index (κ2) is 4.83. The lowest BCUT2D eigenvalue weighted by Gasteiger charge is -2.14. The van der Waals surface area contributed by atoms with E-state index >= 15 is 0 Å². The molecule has 0 aromatic heterocycles. The van der Waals surface area contributed by atoms with Gasteiger partial charge in [0.05, 0.1) is 6.04 Å². The van der Waals surface area contributed by atoms with Gasteiger partial charge in [-0.15, -0.1) is 6.42 Å². The van der Waals surface area contributed by atoms with E-state index in [1.165, 1.54) is 16.3 Å². The van der Waals surface area contributed by atoms with Gasteiger partial charge in [-0.3, -0.25) is 0 Å². The second-order valence-electron chi connectivity index (χ2n) is 3.73. The number of fused-ring (bicyclic) bond motifs is 1. The molecule has 2 rings (SSSR count). The summed E-state index contributed by atoms with van der Waals surface area (Å²) < 4.78 is 0. The first-order valence-electron chi connectivity index (χ1n) is 5.54. The van der Waals surface area contributed by atoms with Crippen molar-refractivity contribution in [3.05, 3.63) is 48.0 Å². The summed E-state index contributed by atoms with van der Waals surface area (Å²) in [7, 11) is 0. The fraction of sp³-hybridized carbons (Fsp3) is 0.200. The molecule has 16 heavy (non-hydrogen) atoms. The number of hydrogen-bond acceptors (Lipinski definition) is 1. The summed E-state index contributed by atoms with van der Waals surface area (Å²) >= 11 is 0. The molecule has 2 aromatic rings. The highest BCUT2D eigenvalue weighted by Gasteiger charge is 2.09. The van der Waals surface area contributed by atoms with Crippen molar-refractivity contribution >= 4 is 10.8 Å². The summed E-state index contributed by atoms with van der Waals surface area (Å²) in [6, 6.07) is 14.6. The maximum Gasteiger partial charge on any atom is 0.0949 e. The number of nitrogens with one attached hydrogen (secondary N) is 1. The fourth-order valence-corrected chi connectivity index (χ4v) is 1.96. The molecule has 0 bridgehead atoms. The average Bonchev–Trinajstić information content (AvgIpc) is 2.35. The van der Waals surface area contributed by atoms with E-state index in [-0.39, 0.29) is 6.04 Å². The molecule has 1 N–H and O–H groups in total. The van der Waals surface area contributed by atoms with Crippen molar-refractivity contribution in [2.75, 3.05) is 6.54 Å². The molecule has 0 saturated heterocycles. The first kappa shape index (κ1) is 10.7. The molecular weight excluding hydrogens is 194 g/mol. The summed E-state index contributed by atoms with van der Waals surface area (Å²) in [5, 5.41) is 5.77. The zero-order valence-electron chi connectivity index (χ0n) is 9.40. The molecule has 0 radical (unpaired) electrons. The summed E-state index contributed by atoms with van der Waals surface area (Å²) in [5.41, 5.74) is 1.18. The molecule has 0 aliphatic carbocycles. The lowest BCUT2D eigenvalue weighted by molar-refractivity contribution is 0.669. The third-order valence-electron chi connectivity index (χ3n) is 2.71. The zero-order chi connectivity index (χ0) is 11.4. The predicted molar refractivity (Wildman–Crippen MR) is 69.2 cm³/mol. The van der Waals surface area contributed by atoms with Crippen LogP contribution in [0.2, 0.25) is 0 Å². The second-order valence-corrected chi connectivity index (χ2v) is 3.73. The molecule has 80 valence electrons. The van der Waals surface area contributed by atoms with Crippen molar-refractivity contribution in [1.29, 1.82) is 0 Å². The number of hydrogen-bond donors (Lipinski definition) is 1. The highest BCUT2D eigenvalue weighted by Crippen LogP contribution is 2.23. The van der Waals surface area contributed by atoms with Crippen molar-refractivity contribution < 1.29 is 0 Å². The molecule has 1 atom stereocenters. The molecule has 0 amide bonds. The number of benzene rings is 2. The predicted octanol–water partition coefficient (Wildman–Crippen LogP) is 3.12. The van der Waals surface area contributed by atoms with Crippen LogP contribution in [-0.2, 0) is 0 Å². The van der Waals surface area contributed by atoms with Crippen LogP contribution >= 0.6 is 0 Å². The standard InChI is InChI=1S/C15H15N/c1-3-15(16-4-2)14-11-7-9-12-8-5-6-10-13(12)14/h1,5-11,15-16H,4H2,2H3. The van der Waals surface area contributed by atoms with Gasteiger partial charge in [0.2, 0.25) is 0 Å². The monoisotopic (exact) mass is 209 g/mol. The molecule has 0 heterocycles. The Morgan fingerprint density at radius 2 is 1.94 bits per heavy atom. The lowest BCUT2D eigenvalue weighted by Crippen LogP contribution is -2.19. The lowest BCUT2D eigenvalue weighted by atomic mass is 9.99. The Labute approximate surface area is 96.5 Å². The third kappa shape index (κ3) is 1.93. The summed E-state index contributed by atoms with van der Waals surface area (Å²) in [6.07, 6.45) is 5.57. The molecule has 2 aromatic carbocycles. The SMILES string of the molecule is C#CC(NCC)c1cccc2ccccc12. The van der Waals surface area contributed by atoms with Gasteiger partial charge in [-0.2, -0.15) is 0 Å². The summed E-state index contributed by atoms with van der Waals surface area (Å²) in [4.78, 5) is 0. The van der Waals surface area contributed by atoms with Crippen LogP contribution in [0.25, 0.3) is 10.8 Å². The van der Waals surface area contributed by atoms with Gasteiger partial charge < -0.3 is 5.32 Å². The van der Waals surface area contributed by atoms with Crippen LogP contribution in [0.5, 0.6) is 0 Å². The van der Waals surface area contributed by atoms with Crippen molar-refractivity contribution in [3.63, 3.8) is 0 Å². The van der Waals surface area contributed by atoms with Crippen LogP contribution in [0.4, 0.5) is 0 Å². The first-order chi connectivity index (χ1) is 7.86. The fourth-order valence-electron chi connectivity index (χ4n) is 1.96. The molecule has 1 heteroatoms. The van der Waals surface area contributed by atoms with Gasteiger partial charge in [0.15, 0.2) is 0 Å². The van der Waals surface area contributed by atoms with Crippen LogP contribution < -0.4 is 5.32 Å². The Hall–Kier alpha value is -1.78. The molecule has 0 spiro atoms. The van der Waals surface area contributed by atoms with Crippen LogP contribution in [0.3, 0.4) is 0 Å². The van der Waals surface area contributed by atoms with Gasteiger partial charge >= 0.3 is 0 Å². The minimum atomic E-state index is -0.00361. The quantitative estimate of drug-likeness (QED) is 0.766. The normalized spacial score (nSPS) is 12.2. The van der Waals surface area contributed by atoms with Gasteiger partial charge in [-0.05, 0) is 22.9 Å². The van der Waals surface area contributed by atoms with E-state index in [4.69, 9.17) is 6.42 Å².